The Morgan fingerprint density at radius 2 is 1.85 bits per heavy atom. The van der Waals surface area contributed by atoms with Gasteiger partial charge in [0.25, 0.3) is 0 Å². The molecule has 0 saturated heterocycles. The van der Waals surface area contributed by atoms with Crippen molar-refractivity contribution in [3.63, 3.8) is 0 Å². The number of nitrogens with one attached hydrogen (secondary N) is 2. The summed E-state index contributed by atoms with van der Waals surface area (Å²) >= 11 is 0. The fraction of sp³-hybridized carbons (Fsp3) is 0.615. The molecule has 1 heterocycles. The molecule has 0 fully saturated rings. The van der Waals surface area contributed by atoms with Crippen molar-refractivity contribution in [2.24, 2.45) is 11.6 Å². The van der Waals surface area contributed by atoms with Crippen LogP contribution in [0.1, 0.15) is 51.4 Å². The molecule has 0 aromatic carbocycles. The summed E-state index contributed by atoms with van der Waals surface area (Å²) in [5.41, 5.74) is 8.14. The smallest absolute Gasteiger partial charge is 0.219 e. The molecule has 7 heteroatoms. The van der Waals surface area contributed by atoms with E-state index in [1.165, 1.54) is 0 Å². The van der Waals surface area contributed by atoms with E-state index in [-0.39, 0.29) is 18.2 Å². The van der Waals surface area contributed by atoms with E-state index in [2.05, 4.69) is 20.7 Å². The summed E-state index contributed by atoms with van der Waals surface area (Å²) in [6.45, 7) is 9.66. The van der Waals surface area contributed by atoms with E-state index in [9.17, 15) is 4.79 Å². The van der Waals surface area contributed by atoms with Crippen molar-refractivity contribution >= 4 is 17.5 Å². The molecular weight excluding hydrogens is 256 g/mol. The first-order chi connectivity index (χ1) is 9.16. The molecule has 0 aliphatic carbocycles. The average Bonchev–Trinajstić information content (AvgIpc) is 2.29. The van der Waals surface area contributed by atoms with Crippen molar-refractivity contribution in [1.82, 2.24) is 9.97 Å². The van der Waals surface area contributed by atoms with Gasteiger partial charge in [-0.15, -0.1) is 0 Å². The predicted octanol–water partition coefficient (Wildman–Crippen LogP) is 1.26. The average molecular weight is 280 g/mol. The lowest BCUT2D eigenvalue weighted by Crippen LogP contribution is -2.37. The molecule has 0 aliphatic rings. The van der Waals surface area contributed by atoms with E-state index in [0.717, 1.165) is 5.56 Å². The fourth-order valence-electron chi connectivity index (χ4n) is 1.85. The van der Waals surface area contributed by atoms with Crippen LogP contribution in [-0.2, 0) is 4.79 Å². The highest BCUT2D eigenvalue weighted by Crippen LogP contribution is 2.25. The SMILES string of the molecule is Cc1c(NN)nc(C(C)C)nc1NC(C)(C)CC(N)=O. The molecule has 0 saturated carbocycles. The normalized spacial score (nSPS) is 11.6. The van der Waals surface area contributed by atoms with Gasteiger partial charge in [0, 0.05) is 23.4 Å². The monoisotopic (exact) mass is 280 g/mol. The Kier molecular flexibility index (Phi) is 4.88. The van der Waals surface area contributed by atoms with Crippen molar-refractivity contribution < 1.29 is 4.79 Å². The van der Waals surface area contributed by atoms with Crippen LogP contribution in [0.3, 0.4) is 0 Å². The van der Waals surface area contributed by atoms with Gasteiger partial charge in [0.1, 0.15) is 17.5 Å². The second-order valence-electron chi connectivity index (χ2n) is 5.86. The number of nitrogens with two attached hydrogens (primary N) is 2. The third kappa shape index (κ3) is 4.06. The first-order valence-corrected chi connectivity index (χ1v) is 6.58. The first kappa shape index (κ1) is 16.2. The molecule has 7 nitrogen and oxygen atoms in total. The Hall–Kier alpha value is -1.89. The quantitative estimate of drug-likeness (QED) is 0.460. The summed E-state index contributed by atoms with van der Waals surface area (Å²) in [5, 5.41) is 3.24. The number of carbonyl (C=O) groups is 1. The van der Waals surface area contributed by atoms with E-state index < -0.39 is 5.54 Å². The minimum atomic E-state index is -0.495. The van der Waals surface area contributed by atoms with Gasteiger partial charge in [-0.25, -0.2) is 15.8 Å². The van der Waals surface area contributed by atoms with Gasteiger partial charge >= 0.3 is 0 Å². The van der Waals surface area contributed by atoms with E-state index in [1.54, 1.807) is 0 Å². The summed E-state index contributed by atoms with van der Waals surface area (Å²) in [6, 6.07) is 0. The standard InChI is InChI=1S/C13H24N6O/c1-7(2)10-16-11(8(3)12(17-10)19-15)18-13(4,5)6-9(14)20/h7H,6,15H2,1-5H3,(H2,14,20)(H2,16,17,18,19). The zero-order chi connectivity index (χ0) is 15.5. The number of rotatable bonds is 6. The first-order valence-electron chi connectivity index (χ1n) is 6.58. The van der Waals surface area contributed by atoms with Gasteiger partial charge in [0.2, 0.25) is 5.91 Å². The fourth-order valence-corrected chi connectivity index (χ4v) is 1.85. The van der Waals surface area contributed by atoms with E-state index in [0.29, 0.717) is 17.5 Å². The summed E-state index contributed by atoms with van der Waals surface area (Å²) in [6.07, 6.45) is 0.207. The topological polar surface area (TPSA) is 119 Å². The van der Waals surface area contributed by atoms with Crippen LogP contribution in [0.25, 0.3) is 0 Å². The van der Waals surface area contributed by atoms with Crippen molar-refractivity contribution in [1.29, 1.82) is 0 Å². The van der Waals surface area contributed by atoms with Crippen LogP contribution in [0, 0.1) is 6.92 Å². The molecule has 0 spiro atoms. The van der Waals surface area contributed by atoms with Gasteiger partial charge < -0.3 is 16.5 Å². The van der Waals surface area contributed by atoms with Gasteiger partial charge in [-0.05, 0) is 20.8 Å². The minimum absolute atomic E-state index is 0.169. The number of anilines is 2. The van der Waals surface area contributed by atoms with Crippen molar-refractivity contribution in [2.45, 2.75) is 52.5 Å². The van der Waals surface area contributed by atoms with Crippen LogP contribution in [0.4, 0.5) is 11.6 Å². The Labute approximate surface area is 119 Å². The van der Waals surface area contributed by atoms with E-state index in [4.69, 9.17) is 11.6 Å². The van der Waals surface area contributed by atoms with Crippen molar-refractivity contribution in [3.8, 4) is 0 Å². The maximum Gasteiger partial charge on any atom is 0.219 e. The second kappa shape index (κ2) is 6.04. The van der Waals surface area contributed by atoms with Gasteiger partial charge in [0.15, 0.2) is 0 Å². The zero-order valence-corrected chi connectivity index (χ0v) is 12.7. The molecule has 1 amide bonds. The lowest BCUT2D eigenvalue weighted by Gasteiger charge is -2.27. The van der Waals surface area contributed by atoms with Crippen molar-refractivity contribution in [2.75, 3.05) is 10.7 Å². The highest BCUT2D eigenvalue weighted by Gasteiger charge is 2.23. The lowest BCUT2D eigenvalue weighted by atomic mass is 10.00. The molecule has 1 rings (SSSR count). The maximum absolute atomic E-state index is 11.1. The Balaban J connectivity index is 3.16. The van der Waals surface area contributed by atoms with Gasteiger partial charge in [-0.2, -0.15) is 0 Å². The summed E-state index contributed by atoms with van der Waals surface area (Å²) in [5.74, 6) is 7.20. The Morgan fingerprint density at radius 3 is 2.30 bits per heavy atom. The summed E-state index contributed by atoms with van der Waals surface area (Å²) in [7, 11) is 0. The van der Waals surface area contributed by atoms with Crippen LogP contribution < -0.4 is 22.3 Å². The number of hydrogen-bond donors (Lipinski definition) is 4. The lowest BCUT2D eigenvalue weighted by molar-refractivity contribution is -0.118. The maximum atomic E-state index is 11.1. The molecule has 6 N–H and O–H groups in total. The molecular formula is C13H24N6O. The van der Waals surface area contributed by atoms with Crippen LogP contribution in [0.2, 0.25) is 0 Å². The van der Waals surface area contributed by atoms with E-state index >= 15 is 0 Å². The van der Waals surface area contributed by atoms with E-state index in [1.807, 2.05) is 34.6 Å². The molecule has 0 radical (unpaired) electrons. The number of carbonyl (C=O) groups excluding carboxylic acids is 1. The summed E-state index contributed by atoms with van der Waals surface area (Å²) in [4.78, 5) is 20.0. The molecule has 0 aliphatic heterocycles. The van der Waals surface area contributed by atoms with Crippen LogP contribution in [0.5, 0.6) is 0 Å². The van der Waals surface area contributed by atoms with Crippen molar-refractivity contribution in [3.05, 3.63) is 11.4 Å². The molecule has 20 heavy (non-hydrogen) atoms. The van der Waals surface area contributed by atoms with Crippen LogP contribution >= 0.6 is 0 Å². The summed E-state index contributed by atoms with van der Waals surface area (Å²) < 4.78 is 0. The molecule has 112 valence electrons. The van der Waals surface area contributed by atoms with Gasteiger partial charge in [-0.1, -0.05) is 13.8 Å². The third-order valence-corrected chi connectivity index (χ3v) is 2.89. The number of hydrazine groups is 1. The molecule has 0 unspecified atom stereocenters. The third-order valence-electron chi connectivity index (χ3n) is 2.89. The Morgan fingerprint density at radius 1 is 1.30 bits per heavy atom. The number of nitrogen functional groups attached to an aromatic ring is 1. The highest BCUT2D eigenvalue weighted by molar-refractivity contribution is 5.75. The zero-order valence-electron chi connectivity index (χ0n) is 12.7. The predicted molar refractivity (Wildman–Crippen MR) is 80.2 cm³/mol. The number of amides is 1. The highest BCUT2D eigenvalue weighted by atomic mass is 16.1. The van der Waals surface area contributed by atoms with Gasteiger partial charge in [-0.3, -0.25) is 4.79 Å². The molecule has 1 aromatic rings. The second-order valence-corrected chi connectivity index (χ2v) is 5.86. The Bertz CT molecular complexity index is 498. The largest absolute Gasteiger partial charge is 0.370 e. The molecule has 0 atom stereocenters. The number of hydrogen-bond acceptors (Lipinski definition) is 6. The van der Waals surface area contributed by atoms with Crippen LogP contribution in [0.15, 0.2) is 0 Å². The van der Waals surface area contributed by atoms with Gasteiger partial charge in [0.05, 0.1) is 0 Å². The molecule has 0 bridgehead atoms. The van der Waals surface area contributed by atoms with Crippen LogP contribution in [-0.4, -0.2) is 21.4 Å². The number of nitrogens with zero attached hydrogens (tertiary/aromatic N) is 2. The number of primary amides is 1. The minimum Gasteiger partial charge on any atom is -0.370 e. The molecule has 1 aromatic heterocycles. The number of aromatic nitrogens is 2.